The third-order valence-electron chi connectivity index (χ3n) is 3.30. The van der Waals surface area contributed by atoms with Gasteiger partial charge in [0.1, 0.15) is 5.75 Å². The average Bonchev–Trinajstić information content (AvgIpc) is 2.58. The molecule has 0 aromatic heterocycles. The molecule has 128 valence electrons. The first-order valence-corrected chi connectivity index (χ1v) is 7.14. The Morgan fingerprint density at radius 1 is 1.08 bits per heavy atom. The first-order valence-electron chi connectivity index (χ1n) is 7.14. The highest BCUT2D eigenvalue weighted by Crippen LogP contribution is 2.31. The molecule has 0 heterocycles. The summed E-state index contributed by atoms with van der Waals surface area (Å²) in [5.74, 6) is -0.504. The molecule has 4 nitrogen and oxygen atoms in total. The normalized spacial score (nSPS) is 11.2. The fourth-order valence-corrected chi connectivity index (χ4v) is 2.04. The number of alkyl halides is 3. The Morgan fingerprint density at radius 3 is 2.46 bits per heavy atom. The monoisotopic (exact) mass is 339 g/mol. The fourth-order valence-electron chi connectivity index (χ4n) is 2.04. The summed E-state index contributed by atoms with van der Waals surface area (Å²) < 4.78 is 42.9. The Balaban J connectivity index is 1.87. The summed E-state index contributed by atoms with van der Waals surface area (Å²) >= 11 is 0. The first kappa shape index (κ1) is 17.8. The number of carbonyl (C=O) groups is 1. The summed E-state index contributed by atoms with van der Waals surface area (Å²) in [5.41, 5.74) is 0.612. The molecule has 7 heteroatoms. The Kier molecular flexibility index (Phi) is 5.81. The zero-order valence-corrected chi connectivity index (χ0v) is 12.6. The largest absolute Gasteiger partial charge is 0.484 e. The number of halogens is 3. The second-order valence-electron chi connectivity index (χ2n) is 5.02. The SMILES string of the molecule is O=C(COc1cccc(C(F)(F)F)c1)NCc1ccccc1CO. The predicted octanol–water partition coefficient (Wildman–Crippen LogP) is 2.89. The number of aliphatic hydroxyl groups is 1. The quantitative estimate of drug-likeness (QED) is 0.851. The van der Waals surface area contributed by atoms with Gasteiger partial charge < -0.3 is 15.2 Å². The molecule has 2 aromatic carbocycles. The van der Waals surface area contributed by atoms with E-state index in [4.69, 9.17) is 4.74 Å². The van der Waals surface area contributed by atoms with Gasteiger partial charge in [-0.25, -0.2) is 0 Å². The summed E-state index contributed by atoms with van der Waals surface area (Å²) in [6, 6.07) is 11.4. The lowest BCUT2D eigenvalue weighted by atomic mass is 10.1. The maximum absolute atomic E-state index is 12.6. The van der Waals surface area contributed by atoms with Crippen LogP contribution in [0.4, 0.5) is 13.2 Å². The molecule has 0 spiro atoms. The molecule has 0 aliphatic rings. The molecule has 0 saturated carbocycles. The van der Waals surface area contributed by atoms with Crippen LogP contribution in [0, 0.1) is 0 Å². The lowest BCUT2D eigenvalue weighted by Crippen LogP contribution is -2.28. The lowest BCUT2D eigenvalue weighted by molar-refractivity contribution is -0.137. The van der Waals surface area contributed by atoms with Crippen molar-refractivity contribution in [2.75, 3.05) is 6.61 Å². The minimum Gasteiger partial charge on any atom is -0.484 e. The van der Waals surface area contributed by atoms with Crippen LogP contribution in [0.2, 0.25) is 0 Å². The zero-order valence-electron chi connectivity index (χ0n) is 12.6. The highest BCUT2D eigenvalue weighted by Gasteiger charge is 2.30. The van der Waals surface area contributed by atoms with Crippen molar-refractivity contribution in [3.63, 3.8) is 0 Å². The van der Waals surface area contributed by atoms with E-state index in [1.807, 2.05) is 0 Å². The summed E-state index contributed by atoms with van der Waals surface area (Å²) in [4.78, 5) is 11.8. The van der Waals surface area contributed by atoms with Crippen LogP contribution < -0.4 is 10.1 Å². The van der Waals surface area contributed by atoms with Gasteiger partial charge in [-0.1, -0.05) is 30.3 Å². The zero-order chi connectivity index (χ0) is 17.6. The van der Waals surface area contributed by atoms with Crippen molar-refractivity contribution in [2.45, 2.75) is 19.3 Å². The van der Waals surface area contributed by atoms with Gasteiger partial charge in [-0.3, -0.25) is 4.79 Å². The molecule has 0 unspecified atom stereocenters. The minimum absolute atomic E-state index is 0.0317. The van der Waals surface area contributed by atoms with Gasteiger partial charge >= 0.3 is 6.18 Å². The standard InChI is InChI=1S/C17H16F3NO3/c18-17(19,20)14-6-3-7-15(8-14)24-11-16(23)21-9-12-4-1-2-5-13(12)10-22/h1-8,22H,9-11H2,(H,21,23). The van der Waals surface area contributed by atoms with Gasteiger partial charge in [0, 0.05) is 6.54 Å². The Labute approximate surface area is 136 Å². The van der Waals surface area contributed by atoms with Crippen LogP contribution in [-0.2, 0) is 24.1 Å². The van der Waals surface area contributed by atoms with E-state index in [-0.39, 0.29) is 18.9 Å². The Hall–Kier alpha value is -2.54. The molecule has 0 radical (unpaired) electrons. The van der Waals surface area contributed by atoms with Crippen LogP contribution in [0.15, 0.2) is 48.5 Å². The van der Waals surface area contributed by atoms with Gasteiger partial charge in [0.2, 0.25) is 0 Å². The number of carbonyl (C=O) groups excluding carboxylic acids is 1. The maximum Gasteiger partial charge on any atom is 0.416 e. The van der Waals surface area contributed by atoms with Gasteiger partial charge in [0.15, 0.2) is 6.61 Å². The van der Waals surface area contributed by atoms with E-state index in [0.29, 0.717) is 5.56 Å². The van der Waals surface area contributed by atoms with E-state index in [2.05, 4.69) is 5.32 Å². The molecular weight excluding hydrogens is 323 g/mol. The van der Waals surface area contributed by atoms with E-state index in [1.54, 1.807) is 24.3 Å². The molecule has 0 atom stereocenters. The molecule has 1 amide bonds. The summed E-state index contributed by atoms with van der Waals surface area (Å²) in [5, 5.41) is 11.8. The van der Waals surface area contributed by atoms with Crippen LogP contribution >= 0.6 is 0 Å². The smallest absolute Gasteiger partial charge is 0.416 e. The van der Waals surface area contributed by atoms with E-state index in [9.17, 15) is 23.1 Å². The van der Waals surface area contributed by atoms with Crippen molar-refractivity contribution < 1.29 is 27.8 Å². The number of hydrogen-bond donors (Lipinski definition) is 2. The Bertz CT molecular complexity index is 701. The van der Waals surface area contributed by atoms with Crippen molar-refractivity contribution >= 4 is 5.91 Å². The molecule has 2 rings (SSSR count). The minimum atomic E-state index is -4.46. The third-order valence-corrected chi connectivity index (χ3v) is 3.30. The molecule has 24 heavy (non-hydrogen) atoms. The molecule has 2 N–H and O–H groups in total. The van der Waals surface area contributed by atoms with Crippen LogP contribution in [0.3, 0.4) is 0 Å². The van der Waals surface area contributed by atoms with E-state index < -0.39 is 24.3 Å². The van der Waals surface area contributed by atoms with Crippen LogP contribution in [0.25, 0.3) is 0 Å². The molecule has 2 aromatic rings. The number of hydrogen-bond acceptors (Lipinski definition) is 3. The summed E-state index contributed by atoms with van der Waals surface area (Å²) in [6.45, 7) is -0.350. The highest BCUT2D eigenvalue weighted by molar-refractivity contribution is 5.77. The molecule has 0 fully saturated rings. The highest BCUT2D eigenvalue weighted by atomic mass is 19.4. The Morgan fingerprint density at radius 2 is 1.79 bits per heavy atom. The average molecular weight is 339 g/mol. The van der Waals surface area contributed by atoms with E-state index in [0.717, 1.165) is 17.7 Å². The van der Waals surface area contributed by atoms with Gasteiger partial charge in [-0.2, -0.15) is 13.2 Å². The van der Waals surface area contributed by atoms with E-state index >= 15 is 0 Å². The van der Waals surface area contributed by atoms with Gasteiger partial charge in [-0.05, 0) is 29.3 Å². The number of rotatable bonds is 6. The van der Waals surface area contributed by atoms with Crippen molar-refractivity contribution in [1.29, 1.82) is 0 Å². The topological polar surface area (TPSA) is 58.6 Å². The number of amides is 1. The number of benzene rings is 2. The number of nitrogens with one attached hydrogen (secondary N) is 1. The molecule has 0 saturated heterocycles. The molecule has 0 aliphatic carbocycles. The number of ether oxygens (including phenoxy) is 1. The van der Waals surface area contributed by atoms with Crippen LogP contribution in [-0.4, -0.2) is 17.6 Å². The fraction of sp³-hybridized carbons (Fsp3) is 0.235. The second-order valence-corrected chi connectivity index (χ2v) is 5.02. The van der Waals surface area contributed by atoms with Crippen molar-refractivity contribution in [1.82, 2.24) is 5.32 Å². The van der Waals surface area contributed by atoms with Crippen molar-refractivity contribution in [3.05, 3.63) is 65.2 Å². The van der Waals surface area contributed by atoms with Crippen molar-refractivity contribution in [3.8, 4) is 5.75 Å². The van der Waals surface area contributed by atoms with E-state index in [1.165, 1.54) is 12.1 Å². The lowest BCUT2D eigenvalue weighted by Gasteiger charge is -2.11. The van der Waals surface area contributed by atoms with Gasteiger partial charge in [-0.15, -0.1) is 0 Å². The second kappa shape index (κ2) is 7.83. The summed E-state index contributed by atoms with van der Waals surface area (Å²) in [7, 11) is 0. The van der Waals surface area contributed by atoms with Gasteiger partial charge in [0.25, 0.3) is 5.91 Å². The molecule has 0 bridgehead atoms. The predicted molar refractivity (Wildman–Crippen MR) is 81.2 cm³/mol. The van der Waals surface area contributed by atoms with Crippen LogP contribution in [0.1, 0.15) is 16.7 Å². The molecule has 0 aliphatic heterocycles. The summed E-state index contributed by atoms with van der Waals surface area (Å²) in [6.07, 6.45) is -4.46. The van der Waals surface area contributed by atoms with Gasteiger partial charge in [0.05, 0.1) is 12.2 Å². The molecular formula is C17H16F3NO3. The van der Waals surface area contributed by atoms with Crippen molar-refractivity contribution in [2.24, 2.45) is 0 Å². The third kappa shape index (κ3) is 4.99. The van der Waals surface area contributed by atoms with Crippen LogP contribution in [0.5, 0.6) is 5.75 Å². The first-order chi connectivity index (χ1) is 11.4. The maximum atomic E-state index is 12.6. The number of aliphatic hydroxyl groups excluding tert-OH is 1.